The number of hydrogen-bond acceptors (Lipinski definition) is 5. The molecule has 0 aliphatic carbocycles. The van der Waals surface area contributed by atoms with E-state index in [2.05, 4.69) is 10.3 Å². The number of nitro benzene ring substituents is 1. The number of ether oxygens (including phenoxy) is 1. The quantitative estimate of drug-likeness (QED) is 0.645. The van der Waals surface area contributed by atoms with Gasteiger partial charge in [0.1, 0.15) is 6.10 Å². The number of aromatic nitrogens is 1. The number of benzene rings is 1. The predicted molar refractivity (Wildman–Crippen MR) is 85.1 cm³/mol. The van der Waals surface area contributed by atoms with Gasteiger partial charge in [0.15, 0.2) is 11.4 Å². The number of hydrogen-bond donors (Lipinski definition) is 1. The van der Waals surface area contributed by atoms with Crippen molar-refractivity contribution in [2.45, 2.75) is 32.9 Å². The molecule has 1 N–H and O–H groups in total. The Bertz CT molecular complexity index is 644. The van der Waals surface area contributed by atoms with Crippen LogP contribution in [0.3, 0.4) is 0 Å². The van der Waals surface area contributed by atoms with E-state index in [0.29, 0.717) is 11.4 Å². The molecule has 1 aromatic carbocycles. The third kappa shape index (κ3) is 3.72. The first-order chi connectivity index (χ1) is 10.5. The summed E-state index contributed by atoms with van der Waals surface area (Å²) in [6.07, 6.45) is 1.38. The second-order valence-corrected chi connectivity index (χ2v) is 5.22. The number of para-hydroxylation sites is 1. The molecule has 0 aliphatic rings. The summed E-state index contributed by atoms with van der Waals surface area (Å²) in [4.78, 5) is 15.0. The highest BCUT2D eigenvalue weighted by Crippen LogP contribution is 2.36. The van der Waals surface area contributed by atoms with E-state index in [1.165, 1.54) is 6.07 Å². The van der Waals surface area contributed by atoms with Crippen molar-refractivity contribution in [2.75, 3.05) is 5.32 Å². The molecule has 1 heterocycles. The van der Waals surface area contributed by atoms with E-state index in [9.17, 15) is 10.1 Å². The number of nitro groups is 1. The average molecular weight is 301 g/mol. The van der Waals surface area contributed by atoms with Crippen LogP contribution in [-0.2, 0) is 0 Å². The fraction of sp³-hybridized carbons (Fsp3) is 0.312. The summed E-state index contributed by atoms with van der Waals surface area (Å²) in [5.41, 5.74) is 1.16. The third-order valence-corrected chi connectivity index (χ3v) is 3.04. The summed E-state index contributed by atoms with van der Waals surface area (Å²) >= 11 is 0. The molecule has 6 nitrogen and oxygen atoms in total. The lowest BCUT2D eigenvalue weighted by Crippen LogP contribution is -2.14. The minimum Gasteiger partial charge on any atom is -0.482 e. The summed E-state index contributed by atoms with van der Waals surface area (Å²) in [6.45, 7) is 5.70. The van der Waals surface area contributed by atoms with Gasteiger partial charge in [-0.3, -0.25) is 15.1 Å². The highest BCUT2D eigenvalue weighted by Gasteiger charge is 2.21. The summed E-state index contributed by atoms with van der Waals surface area (Å²) in [6, 6.07) is 10.4. The molecule has 0 saturated heterocycles. The van der Waals surface area contributed by atoms with E-state index in [0.717, 1.165) is 5.69 Å². The molecule has 0 radical (unpaired) electrons. The van der Waals surface area contributed by atoms with Gasteiger partial charge >= 0.3 is 0 Å². The van der Waals surface area contributed by atoms with Crippen molar-refractivity contribution in [1.82, 2.24) is 4.98 Å². The van der Waals surface area contributed by atoms with E-state index in [4.69, 9.17) is 4.74 Å². The Morgan fingerprint density at radius 1 is 1.18 bits per heavy atom. The Morgan fingerprint density at radius 3 is 2.55 bits per heavy atom. The highest BCUT2D eigenvalue weighted by molar-refractivity contribution is 5.70. The van der Waals surface area contributed by atoms with Crippen molar-refractivity contribution >= 4 is 11.4 Å². The molecule has 1 aromatic heterocycles. The van der Waals surface area contributed by atoms with Crippen LogP contribution >= 0.6 is 0 Å². The van der Waals surface area contributed by atoms with Gasteiger partial charge in [0, 0.05) is 18.3 Å². The molecular weight excluding hydrogens is 282 g/mol. The van der Waals surface area contributed by atoms with Gasteiger partial charge in [-0.1, -0.05) is 12.1 Å². The summed E-state index contributed by atoms with van der Waals surface area (Å²) in [5.74, 6) is 0.445. The number of anilines is 1. The standard InChI is InChI=1S/C16H19N3O3/c1-11(2)18-16-14(19(20)21)8-6-9-15(16)22-12(3)13-7-4-5-10-17-13/h4-12,18H,1-3H3. The van der Waals surface area contributed by atoms with Crippen LogP contribution < -0.4 is 10.1 Å². The summed E-state index contributed by atoms with van der Waals surface area (Å²) in [7, 11) is 0. The maximum absolute atomic E-state index is 11.2. The largest absolute Gasteiger partial charge is 0.482 e. The van der Waals surface area contributed by atoms with Crippen LogP contribution in [0.4, 0.5) is 11.4 Å². The molecule has 0 bridgehead atoms. The van der Waals surface area contributed by atoms with Crippen molar-refractivity contribution in [1.29, 1.82) is 0 Å². The van der Waals surface area contributed by atoms with Crippen LogP contribution in [-0.4, -0.2) is 15.9 Å². The summed E-state index contributed by atoms with van der Waals surface area (Å²) < 4.78 is 5.89. The number of pyridine rings is 1. The summed E-state index contributed by atoms with van der Waals surface area (Å²) in [5, 5.41) is 14.3. The molecule has 6 heteroatoms. The molecule has 1 atom stereocenters. The first-order valence-electron chi connectivity index (χ1n) is 7.10. The Labute approximate surface area is 129 Å². The Hall–Kier alpha value is -2.63. The van der Waals surface area contributed by atoms with Gasteiger partial charge in [0.25, 0.3) is 5.69 Å². The normalized spacial score (nSPS) is 12.0. The molecular formula is C16H19N3O3. The van der Waals surface area contributed by atoms with Crippen molar-refractivity contribution in [3.05, 3.63) is 58.4 Å². The molecule has 116 valence electrons. The van der Waals surface area contributed by atoms with Gasteiger partial charge in [0.2, 0.25) is 0 Å². The molecule has 22 heavy (non-hydrogen) atoms. The van der Waals surface area contributed by atoms with Gasteiger partial charge in [-0.25, -0.2) is 0 Å². The smallest absolute Gasteiger partial charge is 0.296 e. The molecule has 0 spiro atoms. The average Bonchev–Trinajstić information content (AvgIpc) is 2.49. The van der Waals surface area contributed by atoms with Gasteiger partial charge in [-0.05, 0) is 39.0 Å². The van der Waals surface area contributed by atoms with Crippen molar-refractivity contribution in [3.8, 4) is 5.75 Å². The van der Waals surface area contributed by atoms with Crippen LogP contribution in [0.1, 0.15) is 32.6 Å². The first-order valence-corrected chi connectivity index (χ1v) is 7.10. The van der Waals surface area contributed by atoms with Crippen LogP contribution in [0.15, 0.2) is 42.6 Å². The molecule has 0 fully saturated rings. The maximum Gasteiger partial charge on any atom is 0.296 e. The molecule has 2 aromatic rings. The van der Waals surface area contributed by atoms with E-state index in [-0.39, 0.29) is 17.8 Å². The predicted octanol–water partition coefficient (Wildman–Crippen LogP) is 3.95. The van der Waals surface area contributed by atoms with Gasteiger partial charge in [-0.15, -0.1) is 0 Å². The number of rotatable bonds is 6. The lowest BCUT2D eigenvalue weighted by atomic mass is 10.2. The molecule has 0 aliphatic heterocycles. The van der Waals surface area contributed by atoms with Crippen LogP contribution in [0, 0.1) is 10.1 Å². The minimum atomic E-state index is -0.414. The molecule has 2 rings (SSSR count). The zero-order chi connectivity index (χ0) is 16.1. The van der Waals surface area contributed by atoms with Crippen LogP contribution in [0.25, 0.3) is 0 Å². The van der Waals surface area contributed by atoms with Crippen molar-refractivity contribution in [2.24, 2.45) is 0 Å². The lowest BCUT2D eigenvalue weighted by molar-refractivity contribution is -0.384. The molecule has 0 amide bonds. The fourth-order valence-corrected chi connectivity index (χ4v) is 2.07. The molecule has 0 saturated carbocycles. The van der Waals surface area contributed by atoms with Gasteiger partial charge < -0.3 is 10.1 Å². The van der Waals surface area contributed by atoms with E-state index >= 15 is 0 Å². The Morgan fingerprint density at radius 2 is 1.95 bits per heavy atom. The van der Waals surface area contributed by atoms with Gasteiger partial charge in [0.05, 0.1) is 10.6 Å². The SMILES string of the molecule is CC(C)Nc1c(OC(C)c2ccccn2)cccc1[N+](=O)[O-]. The zero-order valence-corrected chi connectivity index (χ0v) is 12.8. The van der Waals surface area contributed by atoms with E-state index in [1.807, 2.05) is 39.0 Å². The second-order valence-electron chi connectivity index (χ2n) is 5.22. The Kier molecular flexibility index (Phi) is 4.93. The maximum atomic E-state index is 11.2. The second kappa shape index (κ2) is 6.89. The zero-order valence-electron chi connectivity index (χ0n) is 12.8. The number of nitrogens with one attached hydrogen (secondary N) is 1. The van der Waals surface area contributed by atoms with Crippen molar-refractivity contribution in [3.63, 3.8) is 0 Å². The monoisotopic (exact) mass is 301 g/mol. The first kappa shape index (κ1) is 15.8. The van der Waals surface area contributed by atoms with Crippen LogP contribution in [0.2, 0.25) is 0 Å². The lowest BCUT2D eigenvalue weighted by Gasteiger charge is -2.19. The van der Waals surface area contributed by atoms with Gasteiger partial charge in [-0.2, -0.15) is 0 Å². The third-order valence-electron chi connectivity index (χ3n) is 3.04. The minimum absolute atomic E-state index is 0.000536. The Balaban J connectivity index is 2.33. The fourth-order valence-electron chi connectivity index (χ4n) is 2.07. The number of nitrogens with zero attached hydrogens (tertiary/aromatic N) is 2. The molecule has 1 unspecified atom stereocenters. The van der Waals surface area contributed by atoms with Crippen molar-refractivity contribution < 1.29 is 9.66 Å². The van der Waals surface area contributed by atoms with E-state index in [1.54, 1.807) is 18.3 Å². The topological polar surface area (TPSA) is 77.3 Å². The highest BCUT2D eigenvalue weighted by atomic mass is 16.6. The van der Waals surface area contributed by atoms with Crippen LogP contribution in [0.5, 0.6) is 5.75 Å². The van der Waals surface area contributed by atoms with E-state index < -0.39 is 4.92 Å².